The van der Waals surface area contributed by atoms with E-state index in [4.69, 9.17) is 4.74 Å². The second-order valence-electron chi connectivity index (χ2n) is 6.51. The molecule has 0 atom stereocenters. The van der Waals surface area contributed by atoms with E-state index in [9.17, 15) is 4.79 Å². The van der Waals surface area contributed by atoms with Crippen molar-refractivity contribution in [2.75, 3.05) is 7.11 Å². The molecule has 0 saturated heterocycles. The maximum atomic E-state index is 10.6. The number of isocyanates is 1. The van der Waals surface area contributed by atoms with Gasteiger partial charge in [0.05, 0.1) is 7.11 Å². The molecule has 0 unspecified atom stereocenters. The second kappa shape index (κ2) is 4.82. The Morgan fingerprint density at radius 3 is 2.53 bits per heavy atom. The van der Waals surface area contributed by atoms with E-state index in [1.54, 1.807) is 13.2 Å². The van der Waals surface area contributed by atoms with Crippen molar-refractivity contribution in [1.29, 1.82) is 0 Å². The fraction of sp³-hybridized carbons (Fsp3) is 0.562. The molecule has 3 nitrogen and oxygen atoms in total. The van der Waals surface area contributed by atoms with E-state index in [2.05, 4.69) is 37.9 Å². The zero-order valence-corrected chi connectivity index (χ0v) is 12.1. The van der Waals surface area contributed by atoms with Gasteiger partial charge in [-0.1, -0.05) is 26.8 Å². The third kappa shape index (κ3) is 3.05. The molecule has 1 aromatic rings. The zero-order valence-electron chi connectivity index (χ0n) is 12.1. The van der Waals surface area contributed by atoms with Gasteiger partial charge in [-0.15, -0.1) is 0 Å². The maximum absolute atomic E-state index is 10.6. The van der Waals surface area contributed by atoms with E-state index in [1.807, 2.05) is 6.07 Å². The van der Waals surface area contributed by atoms with Crippen molar-refractivity contribution in [2.24, 2.45) is 10.4 Å². The molecule has 0 bridgehead atoms. The van der Waals surface area contributed by atoms with Gasteiger partial charge in [-0.3, -0.25) is 0 Å². The Morgan fingerprint density at radius 1 is 1.37 bits per heavy atom. The predicted molar refractivity (Wildman–Crippen MR) is 75.2 cm³/mol. The first kappa shape index (κ1) is 13.8. The number of ether oxygens (including phenoxy) is 1. The van der Waals surface area contributed by atoms with Crippen molar-refractivity contribution in [2.45, 2.75) is 45.6 Å². The smallest absolute Gasteiger partial charge is 0.235 e. The fourth-order valence-electron chi connectivity index (χ4n) is 2.49. The summed E-state index contributed by atoms with van der Waals surface area (Å²) in [7, 11) is 1.66. The summed E-state index contributed by atoms with van der Waals surface area (Å²) in [6.45, 7) is 6.65. The van der Waals surface area contributed by atoms with Crippen LogP contribution >= 0.6 is 0 Å². The standard InChI is InChI=1S/C16H21NO2/c1-15(2,3)10-12-5-6-14(19-4)13(9-12)16(7-8-16)17-11-18/h5-6,9H,7-8,10H2,1-4H3. The highest BCUT2D eigenvalue weighted by atomic mass is 16.5. The number of methoxy groups -OCH3 is 1. The number of aliphatic imine (C=N–C) groups is 1. The first-order valence-electron chi connectivity index (χ1n) is 6.67. The van der Waals surface area contributed by atoms with E-state index in [-0.39, 0.29) is 11.0 Å². The van der Waals surface area contributed by atoms with E-state index in [0.29, 0.717) is 0 Å². The molecule has 1 saturated carbocycles. The van der Waals surface area contributed by atoms with Crippen LogP contribution < -0.4 is 4.74 Å². The molecular formula is C16H21NO2. The summed E-state index contributed by atoms with van der Waals surface area (Å²) in [6.07, 6.45) is 4.50. The third-order valence-corrected chi connectivity index (χ3v) is 3.48. The fourth-order valence-corrected chi connectivity index (χ4v) is 2.49. The van der Waals surface area contributed by atoms with Gasteiger partial charge >= 0.3 is 0 Å². The van der Waals surface area contributed by atoms with Crippen molar-refractivity contribution in [3.05, 3.63) is 29.3 Å². The van der Waals surface area contributed by atoms with Gasteiger partial charge in [0.25, 0.3) is 0 Å². The molecule has 3 heteroatoms. The van der Waals surface area contributed by atoms with Crippen LogP contribution in [0, 0.1) is 5.41 Å². The van der Waals surface area contributed by atoms with Gasteiger partial charge in [-0.05, 0) is 42.4 Å². The van der Waals surface area contributed by atoms with Crippen LogP contribution in [-0.4, -0.2) is 13.2 Å². The molecule has 0 N–H and O–H groups in total. The molecule has 0 amide bonds. The Morgan fingerprint density at radius 2 is 2.05 bits per heavy atom. The van der Waals surface area contributed by atoms with E-state index in [1.165, 1.54) is 5.56 Å². The monoisotopic (exact) mass is 259 g/mol. The van der Waals surface area contributed by atoms with Crippen LogP contribution in [0.15, 0.2) is 23.2 Å². The molecule has 1 aromatic carbocycles. The molecule has 1 aliphatic carbocycles. The topological polar surface area (TPSA) is 38.7 Å². The second-order valence-corrected chi connectivity index (χ2v) is 6.51. The van der Waals surface area contributed by atoms with Gasteiger partial charge in [-0.2, -0.15) is 4.99 Å². The average molecular weight is 259 g/mol. The quantitative estimate of drug-likeness (QED) is 0.612. The molecule has 0 radical (unpaired) electrons. The highest BCUT2D eigenvalue weighted by Gasteiger charge is 2.47. The lowest BCUT2D eigenvalue weighted by Gasteiger charge is -2.20. The summed E-state index contributed by atoms with van der Waals surface area (Å²) in [5, 5.41) is 0. The summed E-state index contributed by atoms with van der Waals surface area (Å²) in [5.74, 6) is 0.814. The Hall–Kier alpha value is -1.60. The van der Waals surface area contributed by atoms with Crippen LogP contribution in [-0.2, 0) is 16.8 Å². The Labute approximate surface area is 114 Å². The van der Waals surface area contributed by atoms with Crippen LogP contribution in [0.25, 0.3) is 0 Å². The highest BCUT2D eigenvalue weighted by molar-refractivity contribution is 5.48. The number of hydrogen-bond donors (Lipinski definition) is 0. The Kier molecular flexibility index (Phi) is 3.51. The van der Waals surface area contributed by atoms with Crippen molar-refractivity contribution < 1.29 is 9.53 Å². The molecule has 102 valence electrons. The van der Waals surface area contributed by atoms with E-state index in [0.717, 1.165) is 30.6 Å². The lowest BCUT2D eigenvalue weighted by molar-refractivity contribution is 0.399. The first-order chi connectivity index (χ1) is 8.90. The van der Waals surface area contributed by atoms with Crippen molar-refractivity contribution in [1.82, 2.24) is 0 Å². The summed E-state index contributed by atoms with van der Waals surface area (Å²) in [5.41, 5.74) is 2.15. The zero-order chi connectivity index (χ0) is 14.1. The number of nitrogens with zero attached hydrogens (tertiary/aromatic N) is 1. The minimum absolute atomic E-state index is 0.233. The van der Waals surface area contributed by atoms with Crippen LogP contribution in [0.1, 0.15) is 44.7 Å². The molecular weight excluding hydrogens is 238 g/mol. The van der Waals surface area contributed by atoms with E-state index >= 15 is 0 Å². The molecule has 1 fully saturated rings. The lowest BCUT2D eigenvalue weighted by atomic mass is 9.87. The minimum atomic E-state index is -0.374. The number of carbonyl (C=O) groups excluding carboxylic acids is 1. The van der Waals surface area contributed by atoms with Crippen molar-refractivity contribution >= 4 is 6.08 Å². The summed E-state index contributed by atoms with van der Waals surface area (Å²) >= 11 is 0. The summed E-state index contributed by atoms with van der Waals surface area (Å²) < 4.78 is 5.41. The van der Waals surface area contributed by atoms with Crippen LogP contribution in [0.4, 0.5) is 0 Å². The number of benzene rings is 1. The van der Waals surface area contributed by atoms with Gasteiger partial charge in [0.15, 0.2) is 0 Å². The Bertz CT molecular complexity index is 518. The van der Waals surface area contributed by atoms with Crippen molar-refractivity contribution in [3.8, 4) is 5.75 Å². The minimum Gasteiger partial charge on any atom is -0.496 e. The first-order valence-corrected chi connectivity index (χ1v) is 6.67. The third-order valence-electron chi connectivity index (χ3n) is 3.48. The van der Waals surface area contributed by atoms with E-state index < -0.39 is 0 Å². The molecule has 0 aliphatic heterocycles. The predicted octanol–water partition coefficient (Wildman–Crippen LogP) is 3.61. The van der Waals surface area contributed by atoms with Gasteiger partial charge in [0.2, 0.25) is 6.08 Å². The summed E-state index contributed by atoms with van der Waals surface area (Å²) in [4.78, 5) is 14.6. The van der Waals surface area contributed by atoms with Crippen LogP contribution in [0.5, 0.6) is 5.75 Å². The van der Waals surface area contributed by atoms with Gasteiger partial charge in [0, 0.05) is 5.56 Å². The van der Waals surface area contributed by atoms with Gasteiger partial charge < -0.3 is 4.74 Å². The normalized spacial score (nSPS) is 16.6. The Balaban J connectivity index is 2.40. The maximum Gasteiger partial charge on any atom is 0.235 e. The SMILES string of the molecule is COc1ccc(CC(C)(C)C)cc1C1(N=C=O)CC1. The number of rotatable bonds is 4. The molecule has 2 rings (SSSR count). The van der Waals surface area contributed by atoms with Crippen LogP contribution in [0.3, 0.4) is 0 Å². The van der Waals surface area contributed by atoms with Crippen molar-refractivity contribution in [3.63, 3.8) is 0 Å². The van der Waals surface area contributed by atoms with Gasteiger partial charge in [0.1, 0.15) is 11.3 Å². The highest BCUT2D eigenvalue weighted by Crippen LogP contribution is 2.52. The molecule has 0 aromatic heterocycles. The van der Waals surface area contributed by atoms with Gasteiger partial charge in [-0.25, -0.2) is 4.79 Å². The largest absolute Gasteiger partial charge is 0.496 e. The summed E-state index contributed by atoms with van der Waals surface area (Å²) in [6, 6.07) is 6.21. The molecule has 1 aliphatic rings. The molecule has 0 spiro atoms. The molecule has 19 heavy (non-hydrogen) atoms. The number of hydrogen-bond acceptors (Lipinski definition) is 3. The van der Waals surface area contributed by atoms with Crippen LogP contribution in [0.2, 0.25) is 0 Å². The molecule has 0 heterocycles. The average Bonchev–Trinajstić information content (AvgIpc) is 3.08. The lowest BCUT2D eigenvalue weighted by Crippen LogP contribution is -2.11.